The van der Waals surface area contributed by atoms with Crippen LogP contribution >= 0.6 is 11.6 Å². The van der Waals surface area contributed by atoms with Crippen LogP contribution in [0.3, 0.4) is 0 Å². The van der Waals surface area contributed by atoms with Crippen molar-refractivity contribution in [3.8, 4) is 0 Å². The number of hydrogen-bond acceptors (Lipinski definition) is 5. The molecule has 1 aliphatic heterocycles. The highest BCUT2D eigenvalue weighted by Crippen LogP contribution is 2.19. The van der Waals surface area contributed by atoms with Gasteiger partial charge in [-0.3, -0.25) is 9.59 Å². The topological polar surface area (TPSA) is 78.9 Å². The molecule has 1 heterocycles. The number of rotatable bonds is 3. The number of esters is 1. The standard InChI is InChI=1S/C18H24ClN3O4/c1-18(2,3)26-17(25)16(24)20-12-15(23)22-10-8-21(9-11-22)14-6-4-13(19)5-7-14/h4-7H,8-12H2,1-3H3,(H,20,24). The van der Waals surface area contributed by atoms with Gasteiger partial charge in [-0.25, -0.2) is 4.79 Å². The zero-order chi connectivity index (χ0) is 19.3. The van der Waals surface area contributed by atoms with E-state index in [4.69, 9.17) is 16.3 Å². The Balaban J connectivity index is 1.77. The van der Waals surface area contributed by atoms with Gasteiger partial charge < -0.3 is 19.9 Å². The van der Waals surface area contributed by atoms with E-state index in [1.807, 2.05) is 24.3 Å². The summed E-state index contributed by atoms with van der Waals surface area (Å²) >= 11 is 5.89. The lowest BCUT2D eigenvalue weighted by molar-refractivity contribution is -0.163. The first kappa shape index (κ1) is 20.0. The molecule has 1 N–H and O–H groups in total. The molecule has 0 aliphatic carbocycles. The van der Waals surface area contributed by atoms with Crippen LogP contribution in [0.1, 0.15) is 20.8 Å². The van der Waals surface area contributed by atoms with Crippen LogP contribution in [0, 0.1) is 0 Å². The van der Waals surface area contributed by atoms with Crippen molar-refractivity contribution in [2.24, 2.45) is 0 Å². The van der Waals surface area contributed by atoms with E-state index in [1.165, 1.54) is 0 Å². The van der Waals surface area contributed by atoms with Crippen molar-refractivity contribution in [2.45, 2.75) is 26.4 Å². The van der Waals surface area contributed by atoms with Gasteiger partial charge in [0.15, 0.2) is 0 Å². The minimum absolute atomic E-state index is 0.223. The van der Waals surface area contributed by atoms with Crippen molar-refractivity contribution in [1.29, 1.82) is 0 Å². The summed E-state index contributed by atoms with van der Waals surface area (Å²) in [6.07, 6.45) is 0. The van der Waals surface area contributed by atoms with Gasteiger partial charge in [0.25, 0.3) is 0 Å². The van der Waals surface area contributed by atoms with Gasteiger partial charge >= 0.3 is 11.9 Å². The summed E-state index contributed by atoms with van der Waals surface area (Å²) in [6, 6.07) is 7.56. The molecule has 7 nitrogen and oxygen atoms in total. The van der Waals surface area contributed by atoms with Crippen LogP contribution in [0.25, 0.3) is 0 Å². The van der Waals surface area contributed by atoms with Gasteiger partial charge in [0.1, 0.15) is 5.60 Å². The Hall–Kier alpha value is -2.28. The molecule has 1 fully saturated rings. The minimum Gasteiger partial charge on any atom is -0.453 e. The maximum atomic E-state index is 12.2. The summed E-state index contributed by atoms with van der Waals surface area (Å²) in [7, 11) is 0. The van der Waals surface area contributed by atoms with Crippen LogP contribution < -0.4 is 10.2 Å². The molecule has 1 aromatic carbocycles. The molecule has 0 saturated carbocycles. The number of benzene rings is 1. The quantitative estimate of drug-likeness (QED) is 0.633. The number of nitrogens with one attached hydrogen (secondary N) is 1. The number of hydrogen-bond donors (Lipinski definition) is 1. The number of nitrogens with zero attached hydrogens (tertiary/aromatic N) is 2. The van der Waals surface area contributed by atoms with E-state index in [2.05, 4.69) is 10.2 Å². The zero-order valence-corrected chi connectivity index (χ0v) is 16.0. The first-order valence-corrected chi connectivity index (χ1v) is 8.83. The molecule has 0 atom stereocenters. The Bertz CT molecular complexity index is 662. The predicted octanol–water partition coefficient (Wildman–Crippen LogP) is 1.45. The van der Waals surface area contributed by atoms with Gasteiger partial charge in [-0.15, -0.1) is 0 Å². The summed E-state index contributed by atoms with van der Waals surface area (Å²) < 4.78 is 4.96. The highest BCUT2D eigenvalue weighted by Gasteiger charge is 2.25. The van der Waals surface area contributed by atoms with Crippen LogP contribution in [0.2, 0.25) is 5.02 Å². The van der Waals surface area contributed by atoms with Crippen molar-refractivity contribution >= 4 is 35.1 Å². The molecule has 1 aliphatic rings. The Morgan fingerprint density at radius 2 is 1.65 bits per heavy atom. The number of carbonyl (C=O) groups excluding carboxylic acids is 3. The van der Waals surface area contributed by atoms with Gasteiger partial charge in [-0.2, -0.15) is 0 Å². The summed E-state index contributed by atoms with van der Waals surface area (Å²) in [4.78, 5) is 39.3. The van der Waals surface area contributed by atoms with E-state index in [-0.39, 0.29) is 12.5 Å². The molecule has 8 heteroatoms. The molecule has 0 radical (unpaired) electrons. The monoisotopic (exact) mass is 381 g/mol. The number of anilines is 1. The third kappa shape index (κ3) is 5.91. The van der Waals surface area contributed by atoms with Crippen molar-refractivity contribution < 1.29 is 19.1 Å². The summed E-state index contributed by atoms with van der Waals surface area (Å²) in [6.45, 7) is 7.25. The fraction of sp³-hybridized carbons (Fsp3) is 0.500. The second kappa shape index (κ2) is 8.40. The fourth-order valence-electron chi connectivity index (χ4n) is 2.53. The molecular formula is C18H24ClN3O4. The maximum absolute atomic E-state index is 12.2. The van der Waals surface area contributed by atoms with Gasteiger partial charge in [0.2, 0.25) is 5.91 Å². The number of piperazine rings is 1. The lowest BCUT2D eigenvalue weighted by atomic mass is 10.2. The van der Waals surface area contributed by atoms with Gasteiger partial charge in [0, 0.05) is 36.9 Å². The third-order valence-corrected chi connectivity index (χ3v) is 4.06. The van der Waals surface area contributed by atoms with Crippen LogP contribution in [-0.2, 0) is 19.1 Å². The Morgan fingerprint density at radius 1 is 1.08 bits per heavy atom. The highest BCUT2D eigenvalue weighted by molar-refractivity contribution is 6.32. The fourth-order valence-corrected chi connectivity index (χ4v) is 2.66. The minimum atomic E-state index is -0.988. The smallest absolute Gasteiger partial charge is 0.397 e. The van der Waals surface area contributed by atoms with Crippen LogP contribution in [0.15, 0.2) is 24.3 Å². The van der Waals surface area contributed by atoms with Crippen LogP contribution in [0.4, 0.5) is 5.69 Å². The van der Waals surface area contributed by atoms with Crippen molar-refractivity contribution in [1.82, 2.24) is 10.2 Å². The first-order valence-electron chi connectivity index (χ1n) is 8.45. The van der Waals surface area contributed by atoms with E-state index in [9.17, 15) is 14.4 Å². The molecule has 0 bridgehead atoms. The Morgan fingerprint density at radius 3 is 2.19 bits per heavy atom. The molecule has 26 heavy (non-hydrogen) atoms. The van der Waals surface area contributed by atoms with E-state index in [1.54, 1.807) is 25.7 Å². The van der Waals surface area contributed by atoms with Gasteiger partial charge in [-0.1, -0.05) is 11.6 Å². The van der Waals surface area contributed by atoms with Crippen molar-refractivity contribution in [3.63, 3.8) is 0 Å². The van der Waals surface area contributed by atoms with Crippen molar-refractivity contribution in [3.05, 3.63) is 29.3 Å². The Kier molecular flexibility index (Phi) is 6.47. The lowest BCUT2D eigenvalue weighted by Crippen LogP contribution is -2.51. The molecule has 0 unspecified atom stereocenters. The molecular weight excluding hydrogens is 358 g/mol. The molecule has 2 amide bonds. The van der Waals surface area contributed by atoms with E-state index >= 15 is 0 Å². The second-order valence-corrected chi connectivity index (χ2v) is 7.47. The van der Waals surface area contributed by atoms with E-state index in [0.717, 1.165) is 5.69 Å². The summed E-state index contributed by atoms with van der Waals surface area (Å²) in [5.41, 5.74) is 0.302. The van der Waals surface area contributed by atoms with E-state index in [0.29, 0.717) is 31.2 Å². The van der Waals surface area contributed by atoms with Gasteiger partial charge in [0.05, 0.1) is 6.54 Å². The second-order valence-electron chi connectivity index (χ2n) is 7.03. The average Bonchev–Trinajstić information content (AvgIpc) is 2.58. The van der Waals surface area contributed by atoms with Gasteiger partial charge in [-0.05, 0) is 45.0 Å². The van der Waals surface area contributed by atoms with Crippen molar-refractivity contribution in [2.75, 3.05) is 37.6 Å². The number of halogens is 1. The zero-order valence-electron chi connectivity index (χ0n) is 15.3. The largest absolute Gasteiger partial charge is 0.453 e. The summed E-state index contributed by atoms with van der Waals surface area (Å²) in [5, 5.41) is 3.00. The SMILES string of the molecule is CC(C)(C)OC(=O)C(=O)NCC(=O)N1CCN(c2ccc(Cl)cc2)CC1. The predicted molar refractivity (Wildman–Crippen MR) is 99.1 cm³/mol. The number of carbonyl (C=O) groups is 3. The van der Waals surface area contributed by atoms with E-state index < -0.39 is 17.5 Å². The number of amides is 2. The number of ether oxygens (including phenoxy) is 1. The molecule has 2 rings (SSSR count). The first-order chi connectivity index (χ1) is 12.2. The molecule has 142 valence electrons. The van der Waals surface area contributed by atoms with Crippen LogP contribution in [-0.4, -0.2) is 61.0 Å². The normalized spacial score (nSPS) is 14.8. The molecule has 1 saturated heterocycles. The molecule has 1 aromatic rings. The van der Waals surface area contributed by atoms with Crippen LogP contribution in [0.5, 0.6) is 0 Å². The lowest BCUT2D eigenvalue weighted by Gasteiger charge is -2.36. The Labute approximate surface area is 158 Å². The molecule has 0 spiro atoms. The summed E-state index contributed by atoms with van der Waals surface area (Å²) in [5.74, 6) is -2.12. The maximum Gasteiger partial charge on any atom is 0.397 e. The highest BCUT2D eigenvalue weighted by atomic mass is 35.5. The molecule has 0 aromatic heterocycles. The third-order valence-electron chi connectivity index (χ3n) is 3.81. The average molecular weight is 382 g/mol.